The van der Waals surface area contributed by atoms with Crippen LogP contribution in [0.25, 0.3) is 10.4 Å². The fraction of sp³-hybridized carbons (Fsp3) is 0.600. The first-order valence-corrected chi connectivity index (χ1v) is 7.15. The first kappa shape index (κ1) is 14.7. The van der Waals surface area contributed by atoms with Gasteiger partial charge in [-0.2, -0.15) is 0 Å². The van der Waals surface area contributed by atoms with Crippen LogP contribution in [0.5, 0.6) is 5.75 Å². The molecule has 1 fully saturated rings. The molecule has 108 valence electrons. The summed E-state index contributed by atoms with van der Waals surface area (Å²) in [5.41, 5.74) is 9.71. The lowest BCUT2D eigenvalue weighted by Gasteiger charge is -2.16. The van der Waals surface area contributed by atoms with Crippen LogP contribution in [0.1, 0.15) is 25.8 Å². The van der Waals surface area contributed by atoms with Gasteiger partial charge in [-0.05, 0) is 42.1 Å². The number of nitrogens with zero attached hydrogens (tertiary/aromatic N) is 4. The molecule has 0 aliphatic carbocycles. The third kappa shape index (κ3) is 4.44. The van der Waals surface area contributed by atoms with Crippen molar-refractivity contribution >= 4 is 0 Å². The van der Waals surface area contributed by atoms with Crippen molar-refractivity contribution in [1.82, 2.24) is 4.90 Å². The van der Waals surface area contributed by atoms with E-state index in [1.807, 2.05) is 12.1 Å². The lowest BCUT2D eigenvalue weighted by Crippen LogP contribution is -2.20. The smallest absolute Gasteiger partial charge is 0.119 e. The third-order valence-corrected chi connectivity index (χ3v) is 3.35. The number of hydrogen-bond acceptors (Lipinski definition) is 3. The van der Waals surface area contributed by atoms with Crippen LogP contribution in [-0.4, -0.2) is 30.6 Å². The molecule has 0 bridgehead atoms. The highest BCUT2D eigenvalue weighted by Crippen LogP contribution is 2.19. The summed E-state index contributed by atoms with van der Waals surface area (Å²) in [4.78, 5) is 5.21. The van der Waals surface area contributed by atoms with E-state index in [1.165, 1.54) is 5.56 Å². The molecule has 1 saturated heterocycles. The summed E-state index contributed by atoms with van der Waals surface area (Å²) in [7, 11) is 0. The summed E-state index contributed by atoms with van der Waals surface area (Å²) in [6, 6.07) is 8.37. The van der Waals surface area contributed by atoms with E-state index in [0.717, 1.165) is 38.4 Å². The first-order chi connectivity index (χ1) is 9.67. The van der Waals surface area contributed by atoms with Gasteiger partial charge in [0.25, 0.3) is 0 Å². The molecule has 0 aromatic heterocycles. The quantitative estimate of drug-likeness (QED) is 0.452. The van der Waals surface area contributed by atoms with Gasteiger partial charge in [0.2, 0.25) is 0 Å². The Hall–Kier alpha value is -1.71. The molecule has 1 heterocycles. The minimum absolute atomic E-state index is 0.125. The van der Waals surface area contributed by atoms with E-state index in [9.17, 15) is 0 Å². The lowest BCUT2D eigenvalue weighted by atomic mass is 10.2. The molecule has 0 N–H and O–H groups in total. The number of hydrogen-bond donors (Lipinski definition) is 0. The Morgan fingerprint density at radius 2 is 2.35 bits per heavy atom. The molecule has 5 heteroatoms. The maximum Gasteiger partial charge on any atom is 0.119 e. The van der Waals surface area contributed by atoms with Crippen molar-refractivity contribution in [1.29, 1.82) is 0 Å². The van der Waals surface area contributed by atoms with Crippen molar-refractivity contribution < 1.29 is 4.74 Å². The van der Waals surface area contributed by atoms with Gasteiger partial charge in [0.15, 0.2) is 0 Å². The van der Waals surface area contributed by atoms with Gasteiger partial charge < -0.3 is 4.74 Å². The predicted octanol–water partition coefficient (Wildman–Crippen LogP) is 3.61. The Morgan fingerprint density at radius 3 is 3.10 bits per heavy atom. The summed E-state index contributed by atoms with van der Waals surface area (Å²) >= 11 is 0. The molecule has 1 aliphatic heterocycles. The van der Waals surface area contributed by atoms with E-state index in [-0.39, 0.29) is 6.04 Å². The van der Waals surface area contributed by atoms with Crippen LogP contribution < -0.4 is 4.74 Å². The zero-order valence-corrected chi connectivity index (χ0v) is 12.2. The molecule has 5 nitrogen and oxygen atoms in total. The molecule has 2 rings (SSSR count). The van der Waals surface area contributed by atoms with Crippen molar-refractivity contribution in [3.8, 4) is 5.75 Å². The SMILES string of the molecule is CC(C)COc1cccc(CN2CCC(N=[N+]=[N-])C2)c1. The Morgan fingerprint density at radius 1 is 1.50 bits per heavy atom. The summed E-state index contributed by atoms with van der Waals surface area (Å²) in [5, 5.41) is 3.80. The van der Waals surface area contributed by atoms with E-state index in [1.54, 1.807) is 0 Å². The molecular formula is C15H22N4O. The lowest BCUT2D eigenvalue weighted by molar-refractivity contribution is 0.270. The van der Waals surface area contributed by atoms with E-state index in [4.69, 9.17) is 10.3 Å². The molecule has 0 amide bonds. The molecule has 1 aromatic rings. The maximum atomic E-state index is 8.47. The fourth-order valence-electron chi connectivity index (χ4n) is 2.38. The zero-order valence-electron chi connectivity index (χ0n) is 12.2. The predicted molar refractivity (Wildman–Crippen MR) is 79.6 cm³/mol. The van der Waals surface area contributed by atoms with Crippen molar-refractivity contribution in [2.45, 2.75) is 32.9 Å². The van der Waals surface area contributed by atoms with Crippen LogP contribution in [0.2, 0.25) is 0 Å². The molecule has 0 saturated carbocycles. The first-order valence-electron chi connectivity index (χ1n) is 7.15. The van der Waals surface area contributed by atoms with E-state index < -0.39 is 0 Å². The normalized spacial score (nSPS) is 19.1. The van der Waals surface area contributed by atoms with E-state index in [0.29, 0.717) is 5.92 Å². The summed E-state index contributed by atoms with van der Waals surface area (Å²) in [6.07, 6.45) is 0.952. The Kier molecular flexibility index (Phi) is 5.27. The van der Waals surface area contributed by atoms with Crippen molar-refractivity contribution in [2.75, 3.05) is 19.7 Å². The van der Waals surface area contributed by atoms with Gasteiger partial charge in [-0.1, -0.05) is 31.1 Å². The summed E-state index contributed by atoms with van der Waals surface area (Å²) < 4.78 is 5.75. The highest BCUT2D eigenvalue weighted by atomic mass is 16.5. The summed E-state index contributed by atoms with van der Waals surface area (Å²) in [6.45, 7) is 7.75. The molecule has 0 radical (unpaired) electrons. The number of ether oxygens (including phenoxy) is 1. The molecule has 1 atom stereocenters. The molecule has 1 aromatic carbocycles. The zero-order chi connectivity index (χ0) is 14.4. The number of benzene rings is 1. The molecule has 20 heavy (non-hydrogen) atoms. The molecule has 1 unspecified atom stereocenters. The maximum absolute atomic E-state index is 8.47. The second kappa shape index (κ2) is 7.17. The van der Waals surface area contributed by atoms with Crippen LogP contribution in [-0.2, 0) is 6.54 Å². The average molecular weight is 274 g/mol. The van der Waals surface area contributed by atoms with E-state index >= 15 is 0 Å². The fourth-order valence-corrected chi connectivity index (χ4v) is 2.38. The monoisotopic (exact) mass is 274 g/mol. The molecule has 0 spiro atoms. The standard InChI is InChI=1S/C15H22N4O/c1-12(2)11-20-15-5-3-4-13(8-15)9-19-7-6-14(10-19)17-18-16/h3-5,8,12,14H,6-7,9-11H2,1-2H3. The van der Waals surface area contributed by atoms with Crippen LogP contribution in [0.4, 0.5) is 0 Å². The minimum atomic E-state index is 0.125. The summed E-state index contributed by atoms with van der Waals surface area (Å²) in [5.74, 6) is 1.46. The molecule has 1 aliphatic rings. The van der Waals surface area contributed by atoms with Crippen molar-refractivity contribution in [2.24, 2.45) is 11.0 Å². The highest BCUT2D eigenvalue weighted by molar-refractivity contribution is 5.28. The van der Waals surface area contributed by atoms with Gasteiger partial charge in [-0.15, -0.1) is 0 Å². The van der Waals surface area contributed by atoms with Gasteiger partial charge in [0.05, 0.1) is 12.6 Å². The highest BCUT2D eigenvalue weighted by Gasteiger charge is 2.21. The largest absolute Gasteiger partial charge is 0.493 e. The number of rotatable bonds is 6. The van der Waals surface area contributed by atoms with Crippen LogP contribution in [0, 0.1) is 5.92 Å². The van der Waals surface area contributed by atoms with Gasteiger partial charge in [0, 0.05) is 18.0 Å². The second-order valence-electron chi connectivity index (χ2n) is 5.73. The van der Waals surface area contributed by atoms with Crippen molar-refractivity contribution in [3.05, 3.63) is 40.3 Å². The van der Waals surface area contributed by atoms with Gasteiger partial charge in [-0.3, -0.25) is 4.90 Å². The third-order valence-electron chi connectivity index (χ3n) is 3.35. The topological polar surface area (TPSA) is 61.2 Å². The second-order valence-corrected chi connectivity index (χ2v) is 5.73. The van der Waals surface area contributed by atoms with Crippen LogP contribution in [0.15, 0.2) is 29.4 Å². The Balaban J connectivity index is 1.90. The van der Waals surface area contributed by atoms with Crippen molar-refractivity contribution in [3.63, 3.8) is 0 Å². The van der Waals surface area contributed by atoms with Crippen LogP contribution >= 0.6 is 0 Å². The average Bonchev–Trinajstić information content (AvgIpc) is 2.85. The van der Waals surface area contributed by atoms with Gasteiger partial charge in [-0.25, -0.2) is 0 Å². The van der Waals surface area contributed by atoms with Gasteiger partial charge >= 0.3 is 0 Å². The number of azide groups is 1. The minimum Gasteiger partial charge on any atom is -0.493 e. The number of likely N-dealkylation sites (tertiary alicyclic amines) is 1. The Labute approximate surface area is 120 Å². The van der Waals surface area contributed by atoms with Gasteiger partial charge in [0.1, 0.15) is 5.75 Å². The Bertz CT molecular complexity index is 483. The van der Waals surface area contributed by atoms with Crippen LogP contribution in [0.3, 0.4) is 0 Å². The van der Waals surface area contributed by atoms with E-state index in [2.05, 4.69) is 40.9 Å². The molecular weight excluding hydrogens is 252 g/mol.